The molecule has 206 valence electrons. The third-order valence-corrected chi connectivity index (χ3v) is 7.78. The van der Waals surface area contributed by atoms with Crippen LogP contribution in [0.5, 0.6) is 0 Å². The molecule has 1 atom stereocenters. The number of carbonyl (C=O) groups is 1. The van der Waals surface area contributed by atoms with Gasteiger partial charge in [0.15, 0.2) is 11.0 Å². The van der Waals surface area contributed by atoms with Crippen LogP contribution in [-0.2, 0) is 12.2 Å². The first-order valence-electron chi connectivity index (χ1n) is 12.9. The van der Waals surface area contributed by atoms with Gasteiger partial charge in [-0.25, -0.2) is 0 Å². The zero-order valence-electron chi connectivity index (χ0n) is 22.1. The number of aromatic nitrogens is 3. The number of nitro groups is 1. The van der Waals surface area contributed by atoms with E-state index in [0.29, 0.717) is 39.4 Å². The van der Waals surface area contributed by atoms with Gasteiger partial charge in [-0.3, -0.25) is 19.5 Å². The van der Waals surface area contributed by atoms with Crippen LogP contribution in [0.15, 0.2) is 108 Å². The predicted molar refractivity (Wildman–Crippen MR) is 161 cm³/mol. The van der Waals surface area contributed by atoms with Crippen molar-refractivity contribution in [3.63, 3.8) is 0 Å². The van der Waals surface area contributed by atoms with Gasteiger partial charge in [0.25, 0.3) is 11.6 Å². The molecule has 10 heteroatoms. The number of amides is 1. The first-order chi connectivity index (χ1) is 19.9. The molecule has 8 nitrogen and oxygen atoms in total. The molecule has 5 aromatic rings. The highest BCUT2D eigenvalue weighted by Gasteiger charge is 2.26. The summed E-state index contributed by atoms with van der Waals surface area (Å²) in [5.41, 5.74) is 4.25. The second-order valence-electron chi connectivity index (χ2n) is 9.42. The van der Waals surface area contributed by atoms with Crippen LogP contribution >= 0.6 is 23.4 Å². The number of nitrogens with one attached hydrogen (secondary N) is 1. The molecule has 0 saturated heterocycles. The quantitative estimate of drug-likeness (QED) is 0.106. The van der Waals surface area contributed by atoms with Gasteiger partial charge in [0.05, 0.1) is 21.6 Å². The Morgan fingerprint density at radius 3 is 2.37 bits per heavy atom. The SMILES string of the molecule is Cc1cccc(CSc2nnc(C(Cc3ccccc3)NC(=O)c3ccccc3Cl)n2-c2ccc([N+](=O)[O-])cc2)c1. The Kier molecular flexibility index (Phi) is 8.76. The van der Waals surface area contributed by atoms with Gasteiger partial charge >= 0.3 is 0 Å². The van der Waals surface area contributed by atoms with Crippen LogP contribution in [0.25, 0.3) is 5.69 Å². The maximum atomic E-state index is 13.4. The lowest BCUT2D eigenvalue weighted by Crippen LogP contribution is -2.32. The topological polar surface area (TPSA) is 103 Å². The number of halogens is 1. The summed E-state index contributed by atoms with van der Waals surface area (Å²) < 4.78 is 1.85. The number of non-ortho nitro benzene ring substituents is 1. The first kappa shape index (κ1) is 28.1. The number of hydrogen-bond acceptors (Lipinski definition) is 6. The maximum Gasteiger partial charge on any atom is 0.269 e. The molecule has 1 unspecified atom stereocenters. The van der Waals surface area contributed by atoms with Crippen molar-refractivity contribution in [3.8, 4) is 5.69 Å². The molecule has 1 aromatic heterocycles. The molecular formula is C31H26ClN5O3S. The smallest absolute Gasteiger partial charge is 0.269 e. The Morgan fingerprint density at radius 1 is 0.951 bits per heavy atom. The molecule has 4 aromatic carbocycles. The minimum atomic E-state index is -0.586. The van der Waals surface area contributed by atoms with Crippen LogP contribution in [0.1, 0.15) is 38.9 Å². The van der Waals surface area contributed by atoms with E-state index in [4.69, 9.17) is 11.6 Å². The fourth-order valence-corrected chi connectivity index (χ4v) is 5.58. The van der Waals surface area contributed by atoms with Gasteiger partial charge in [0, 0.05) is 23.6 Å². The summed E-state index contributed by atoms with van der Waals surface area (Å²) in [4.78, 5) is 24.3. The molecule has 0 fully saturated rings. The minimum Gasteiger partial charge on any atom is -0.342 e. The van der Waals surface area contributed by atoms with Crippen LogP contribution in [0.3, 0.4) is 0 Å². The molecule has 1 amide bonds. The van der Waals surface area contributed by atoms with Crippen molar-refractivity contribution < 1.29 is 9.72 Å². The van der Waals surface area contributed by atoms with Crippen molar-refractivity contribution in [1.29, 1.82) is 0 Å². The molecule has 1 heterocycles. The van der Waals surface area contributed by atoms with Crippen LogP contribution < -0.4 is 5.32 Å². The number of nitro benzene ring substituents is 1. The second kappa shape index (κ2) is 12.8. The average Bonchev–Trinajstić information content (AvgIpc) is 3.40. The highest BCUT2D eigenvalue weighted by Crippen LogP contribution is 2.30. The van der Waals surface area contributed by atoms with Crippen LogP contribution in [0, 0.1) is 17.0 Å². The van der Waals surface area contributed by atoms with Gasteiger partial charge in [-0.15, -0.1) is 10.2 Å². The summed E-state index contributed by atoms with van der Waals surface area (Å²) in [6.45, 7) is 2.04. The normalized spacial score (nSPS) is 11.7. The van der Waals surface area contributed by atoms with E-state index in [-0.39, 0.29) is 11.6 Å². The minimum absolute atomic E-state index is 0.0230. The molecule has 41 heavy (non-hydrogen) atoms. The van der Waals surface area contributed by atoms with Gasteiger partial charge < -0.3 is 5.32 Å². The Bertz CT molecular complexity index is 1680. The lowest BCUT2D eigenvalue weighted by Gasteiger charge is -2.20. The highest BCUT2D eigenvalue weighted by molar-refractivity contribution is 7.98. The van der Waals surface area contributed by atoms with E-state index in [1.807, 2.05) is 54.0 Å². The van der Waals surface area contributed by atoms with Crippen LogP contribution in [0.2, 0.25) is 5.02 Å². The molecule has 0 aliphatic heterocycles. The molecular weight excluding hydrogens is 558 g/mol. The van der Waals surface area contributed by atoms with E-state index < -0.39 is 11.0 Å². The van der Waals surface area contributed by atoms with Crippen LogP contribution in [-0.4, -0.2) is 25.6 Å². The number of nitrogens with zero attached hydrogens (tertiary/aromatic N) is 4. The number of hydrogen-bond donors (Lipinski definition) is 1. The number of aryl methyl sites for hydroxylation is 1. The van der Waals surface area contributed by atoms with E-state index in [0.717, 1.165) is 16.7 Å². The molecule has 0 saturated carbocycles. The van der Waals surface area contributed by atoms with Crippen molar-refractivity contribution in [2.75, 3.05) is 0 Å². The number of thioether (sulfide) groups is 1. The summed E-state index contributed by atoms with van der Waals surface area (Å²) in [6, 6.07) is 30.5. The predicted octanol–water partition coefficient (Wildman–Crippen LogP) is 7.14. The molecule has 1 N–H and O–H groups in total. The number of carbonyl (C=O) groups excluding carboxylic acids is 1. The molecule has 0 bridgehead atoms. The summed E-state index contributed by atoms with van der Waals surface area (Å²) in [7, 11) is 0. The lowest BCUT2D eigenvalue weighted by molar-refractivity contribution is -0.384. The second-order valence-corrected chi connectivity index (χ2v) is 10.8. The van der Waals surface area contributed by atoms with E-state index in [2.05, 4.69) is 27.6 Å². The van der Waals surface area contributed by atoms with Gasteiger partial charge in [-0.2, -0.15) is 0 Å². The van der Waals surface area contributed by atoms with Crippen molar-refractivity contribution >= 4 is 35.0 Å². The van der Waals surface area contributed by atoms with E-state index >= 15 is 0 Å². The fourth-order valence-electron chi connectivity index (χ4n) is 4.45. The summed E-state index contributed by atoms with van der Waals surface area (Å²) in [5, 5.41) is 24.4. The monoisotopic (exact) mass is 583 g/mol. The average molecular weight is 584 g/mol. The van der Waals surface area contributed by atoms with E-state index in [1.165, 1.54) is 23.9 Å². The summed E-state index contributed by atoms with van der Waals surface area (Å²) in [6.07, 6.45) is 0.435. The highest BCUT2D eigenvalue weighted by atomic mass is 35.5. The Balaban J connectivity index is 1.56. The van der Waals surface area contributed by atoms with Crippen LogP contribution in [0.4, 0.5) is 5.69 Å². The zero-order chi connectivity index (χ0) is 28.8. The fraction of sp³-hybridized carbons (Fsp3) is 0.129. The standard InChI is InChI=1S/C31H26ClN5O3S/c1-21-8-7-11-23(18-21)20-41-31-35-34-29(36(31)24-14-16-25(17-15-24)37(39)40)28(19-22-9-3-2-4-10-22)33-30(38)26-12-5-6-13-27(26)32/h2-18,28H,19-20H2,1H3,(H,33,38). The molecule has 0 spiro atoms. The molecule has 5 rings (SSSR count). The van der Waals surface area contributed by atoms with Crippen molar-refractivity contribution in [3.05, 3.63) is 146 Å². The van der Waals surface area contributed by atoms with E-state index in [1.54, 1.807) is 36.4 Å². The van der Waals surface area contributed by atoms with Crippen molar-refractivity contribution in [2.45, 2.75) is 30.3 Å². The van der Waals surface area contributed by atoms with Crippen molar-refractivity contribution in [1.82, 2.24) is 20.1 Å². The Morgan fingerprint density at radius 2 is 1.66 bits per heavy atom. The molecule has 0 radical (unpaired) electrons. The van der Waals surface area contributed by atoms with Gasteiger partial charge in [-0.05, 0) is 48.7 Å². The van der Waals surface area contributed by atoms with Gasteiger partial charge in [0.2, 0.25) is 0 Å². The first-order valence-corrected chi connectivity index (χ1v) is 14.2. The third kappa shape index (κ3) is 6.82. The molecule has 0 aliphatic rings. The largest absolute Gasteiger partial charge is 0.342 e. The summed E-state index contributed by atoms with van der Waals surface area (Å²) in [5.74, 6) is 0.792. The summed E-state index contributed by atoms with van der Waals surface area (Å²) >= 11 is 7.84. The van der Waals surface area contributed by atoms with Gasteiger partial charge in [-0.1, -0.05) is 95.7 Å². The Hall–Kier alpha value is -4.47. The lowest BCUT2D eigenvalue weighted by atomic mass is 10.0. The van der Waals surface area contributed by atoms with Crippen molar-refractivity contribution in [2.24, 2.45) is 0 Å². The zero-order valence-corrected chi connectivity index (χ0v) is 23.7. The third-order valence-electron chi connectivity index (χ3n) is 6.45. The molecule has 0 aliphatic carbocycles. The Labute approximate surface area is 246 Å². The van der Waals surface area contributed by atoms with Gasteiger partial charge in [0.1, 0.15) is 0 Å². The van der Waals surface area contributed by atoms with E-state index in [9.17, 15) is 14.9 Å². The maximum absolute atomic E-state index is 13.4. The number of benzene rings is 4. The number of rotatable bonds is 10.